The van der Waals surface area contributed by atoms with E-state index in [1.165, 1.54) is 23.1 Å². The fraction of sp³-hybridized carbons (Fsp3) is 0.400. The minimum Gasteiger partial charge on any atom is -0.462 e. The van der Waals surface area contributed by atoms with Crippen LogP contribution in [0.1, 0.15) is 49.0 Å². The first-order chi connectivity index (χ1) is 14.4. The zero-order valence-electron chi connectivity index (χ0n) is 17.3. The third kappa shape index (κ3) is 4.93. The summed E-state index contributed by atoms with van der Waals surface area (Å²) in [6.45, 7) is 8.06. The molecule has 0 spiro atoms. The number of aromatic nitrogens is 3. The van der Waals surface area contributed by atoms with Crippen LogP contribution < -0.4 is 5.32 Å². The lowest BCUT2D eigenvalue weighted by molar-refractivity contribution is -0.113. The number of carbonyl (C=O) groups is 2. The van der Waals surface area contributed by atoms with Gasteiger partial charge in [-0.15, -0.1) is 21.5 Å². The largest absolute Gasteiger partial charge is 0.462 e. The van der Waals surface area contributed by atoms with Gasteiger partial charge in [-0.05, 0) is 45.4 Å². The van der Waals surface area contributed by atoms with Gasteiger partial charge in [0.25, 0.3) is 0 Å². The highest BCUT2D eigenvalue weighted by Gasteiger charge is 2.21. The van der Waals surface area contributed by atoms with E-state index in [0.717, 1.165) is 11.3 Å². The molecule has 0 aliphatic heterocycles. The molecule has 8 nitrogen and oxygen atoms in total. The van der Waals surface area contributed by atoms with Crippen molar-refractivity contribution < 1.29 is 18.7 Å². The van der Waals surface area contributed by atoms with E-state index in [9.17, 15) is 9.59 Å². The number of thioether (sulfide) groups is 1. The number of rotatable bonds is 9. The molecule has 0 aromatic carbocycles. The Balaban J connectivity index is 1.71. The van der Waals surface area contributed by atoms with Crippen molar-refractivity contribution >= 4 is 40.0 Å². The van der Waals surface area contributed by atoms with E-state index in [-0.39, 0.29) is 24.3 Å². The SMILES string of the molecule is CCOC(=O)c1cc(CC)sc1NC(=O)CSc1nnc(-c2ccco2)n1C(C)C. The van der Waals surface area contributed by atoms with Gasteiger partial charge in [0, 0.05) is 10.9 Å². The molecule has 160 valence electrons. The number of nitrogens with one attached hydrogen (secondary N) is 1. The average molecular weight is 449 g/mol. The minimum absolute atomic E-state index is 0.0884. The normalized spacial score (nSPS) is 11.1. The maximum atomic E-state index is 12.6. The molecule has 0 saturated heterocycles. The second-order valence-corrected chi connectivity index (χ2v) is 8.69. The third-order valence-corrected chi connectivity index (χ3v) is 6.27. The van der Waals surface area contributed by atoms with E-state index in [0.29, 0.717) is 27.3 Å². The summed E-state index contributed by atoms with van der Waals surface area (Å²) in [4.78, 5) is 25.8. The molecule has 0 bridgehead atoms. The molecule has 3 aromatic rings. The van der Waals surface area contributed by atoms with Gasteiger partial charge in [0.2, 0.25) is 11.7 Å². The van der Waals surface area contributed by atoms with Crippen LogP contribution in [0.3, 0.4) is 0 Å². The zero-order valence-corrected chi connectivity index (χ0v) is 18.9. The molecule has 0 radical (unpaired) electrons. The van der Waals surface area contributed by atoms with Gasteiger partial charge in [0.15, 0.2) is 10.9 Å². The van der Waals surface area contributed by atoms with Gasteiger partial charge in [-0.25, -0.2) is 4.79 Å². The van der Waals surface area contributed by atoms with Crippen LogP contribution in [0.15, 0.2) is 34.0 Å². The molecule has 0 aliphatic carbocycles. The Kier molecular flexibility index (Phi) is 7.33. The van der Waals surface area contributed by atoms with E-state index in [1.54, 1.807) is 25.3 Å². The first-order valence-corrected chi connectivity index (χ1v) is 11.5. The number of aryl methyl sites for hydroxylation is 1. The summed E-state index contributed by atoms with van der Waals surface area (Å²) >= 11 is 2.67. The van der Waals surface area contributed by atoms with Crippen LogP contribution in [0.25, 0.3) is 11.6 Å². The molecule has 1 N–H and O–H groups in total. The maximum Gasteiger partial charge on any atom is 0.341 e. The number of ether oxygens (including phenoxy) is 1. The van der Waals surface area contributed by atoms with E-state index in [1.807, 2.05) is 31.4 Å². The number of thiophene rings is 1. The first kappa shape index (κ1) is 22.1. The number of carbonyl (C=O) groups excluding carboxylic acids is 2. The summed E-state index contributed by atoms with van der Waals surface area (Å²) < 4.78 is 12.5. The Hall–Kier alpha value is -2.59. The number of amides is 1. The monoisotopic (exact) mass is 448 g/mol. The van der Waals surface area contributed by atoms with Gasteiger partial charge in [-0.1, -0.05) is 18.7 Å². The van der Waals surface area contributed by atoms with Gasteiger partial charge >= 0.3 is 5.97 Å². The van der Waals surface area contributed by atoms with E-state index in [4.69, 9.17) is 9.15 Å². The Morgan fingerprint density at radius 1 is 1.33 bits per heavy atom. The lowest BCUT2D eigenvalue weighted by Gasteiger charge is -2.12. The summed E-state index contributed by atoms with van der Waals surface area (Å²) in [7, 11) is 0. The summed E-state index contributed by atoms with van der Waals surface area (Å²) in [6, 6.07) is 5.48. The molecule has 0 aliphatic rings. The molecule has 10 heteroatoms. The molecule has 3 rings (SSSR count). The van der Waals surface area contributed by atoms with Crippen molar-refractivity contribution in [3.8, 4) is 11.6 Å². The standard InChI is InChI=1S/C20H24N4O4S2/c1-5-13-10-14(19(26)27-6-2)18(30-13)21-16(25)11-29-20-23-22-17(24(20)12(3)4)15-8-7-9-28-15/h7-10,12H,5-6,11H2,1-4H3,(H,21,25). The molecular formula is C20H24N4O4S2. The second-order valence-electron chi connectivity index (χ2n) is 6.61. The fourth-order valence-corrected chi connectivity index (χ4v) is 4.64. The molecule has 0 saturated carbocycles. The van der Waals surface area contributed by atoms with Crippen molar-refractivity contribution in [2.75, 3.05) is 17.7 Å². The Morgan fingerprint density at radius 2 is 2.13 bits per heavy atom. The maximum absolute atomic E-state index is 12.6. The van der Waals surface area contributed by atoms with Crippen molar-refractivity contribution in [2.45, 2.75) is 45.3 Å². The van der Waals surface area contributed by atoms with E-state index >= 15 is 0 Å². The van der Waals surface area contributed by atoms with Crippen LogP contribution >= 0.6 is 23.1 Å². The third-order valence-electron chi connectivity index (χ3n) is 4.13. The highest BCUT2D eigenvalue weighted by molar-refractivity contribution is 7.99. The summed E-state index contributed by atoms with van der Waals surface area (Å²) in [5, 5.41) is 12.4. The highest BCUT2D eigenvalue weighted by atomic mass is 32.2. The molecule has 0 atom stereocenters. The minimum atomic E-state index is -0.431. The van der Waals surface area contributed by atoms with Crippen molar-refractivity contribution in [2.24, 2.45) is 0 Å². The quantitative estimate of drug-likeness (QED) is 0.376. The van der Waals surface area contributed by atoms with Crippen LogP contribution in [0.2, 0.25) is 0 Å². The van der Waals surface area contributed by atoms with Crippen molar-refractivity contribution in [1.29, 1.82) is 0 Å². The number of furan rings is 1. The van der Waals surface area contributed by atoms with Gasteiger partial charge in [-0.3, -0.25) is 9.36 Å². The van der Waals surface area contributed by atoms with Crippen molar-refractivity contribution in [3.05, 3.63) is 34.9 Å². The fourth-order valence-electron chi connectivity index (χ4n) is 2.78. The van der Waals surface area contributed by atoms with Crippen molar-refractivity contribution in [1.82, 2.24) is 14.8 Å². The van der Waals surface area contributed by atoms with Gasteiger partial charge in [0.05, 0.1) is 24.2 Å². The van der Waals surface area contributed by atoms with Crippen molar-refractivity contribution in [3.63, 3.8) is 0 Å². The number of anilines is 1. The zero-order chi connectivity index (χ0) is 21.7. The van der Waals surface area contributed by atoms with Crippen LogP contribution in [0.5, 0.6) is 0 Å². The molecular weight excluding hydrogens is 424 g/mol. The van der Waals surface area contributed by atoms with Gasteiger partial charge in [0.1, 0.15) is 5.00 Å². The smallest absolute Gasteiger partial charge is 0.341 e. The molecule has 0 fully saturated rings. The van der Waals surface area contributed by atoms with Crippen LogP contribution in [0, 0.1) is 0 Å². The number of hydrogen-bond donors (Lipinski definition) is 1. The van der Waals surface area contributed by atoms with Gasteiger partial charge < -0.3 is 14.5 Å². The predicted molar refractivity (Wildman–Crippen MR) is 117 cm³/mol. The lowest BCUT2D eigenvalue weighted by Crippen LogP contribution is -2.16. The predicted octanol–water partition coefficient (Wildman–Crippen LogP) is 4.65. The first-order valence-electron chi connectivity index (χ1n) is 9.65. The van der Waals surface area contributed by atoms with E-state index in [2.05, 4.69) is 15.5 Å². The summed E-state index contributed by atoms with van der Waals surface area (Å²) in [6.07, 6.45) is 2.36. The Morgan fingerprint density at radius 3 is 2.77 bits per heavy atom. The number of nitrogens with zero attached hydrogens (tertiary/aromatic N) is 3. The molecule has 3 aromatic heterocycles. The lowest BCUT2D eigenvalue weighted by atomic mass is 10.2. The summed E-state index contributed by atoms with van der Waals surface area (Å²) in [5.41, 5.74) is 0.391. The Labute approximate surface area is 183 Å². The highest BCUT2D eigenvalue weighted by Crippen LogP contribution is 2.31. The number of hydrogen-bond acceptors (Lipinski definition) is 8. The van der Waals surface area contributed by atoms with Crippen LogP contribution in [-0.2, 0) is 16.0 Å². The van der Waals surface area contributed by atoms with Gasteiger partial charge in [-0.2, -0.15) is 0 Å². The second kappa shape index (κ2) is 9.94. The van der Waals surface area contributed by atoms with Crippen LogP contribution in [0.4, 0.5) is 5.00 Å². The molecule has 0 unspecified atom stereocenters. The molecule has 1 amide bonds. The summed E-state index contributed by atoms with van der Waals surface area (Å²) in [5.74, 6) is 0.711. The van der Waals surface area contributed by atoms with Crippen LogP contribution in [-0.4, -0.2) is 39.0 Å². The average Bonchev–Trinajstić information content (AvgIpc) is 3.45. The topological polar surface area (TPSA) is 99.2 Å². The molecule has 30 heavy (non-hydrogen) atoms. The van der Waals surface area contributed by atoms with E-state index < -0.39 is 5.97 Å². The number of esters is 1. The Bertz CT molecular complexity index is 1010. The molecule has 3 heterocycles.